The molecule has 1 aromatic heterocycles. The Balaban J connectivity index is 1.73. The number of rotatable bonds is 5. The van der Waals surface area contributed by atoms with Gasteiger partial charge in [-0.2, -0.15) is 5.10 Å². The largest absolute Gasteiger partial charge is 0.496 e. The Morgan fingerprint density at radius 1 is 1.14 bits per heavy atom. The van der Waals surface area contributed by atoms with Gasteiger partial charge in [-0.15, -0.1) is 0 Å². The van der Waals surface area contributed by atoms with Gasteiger partial charge in [0.2, 0.25) is 0 Å². The normalized spacial score (nSPS) is 11.0. The molecular formula is C21H19ClIN3O2. The van der Waals surface area contributed by atoms with Crippen LogP contribution in [0, 0.1) is 17.4 Å². The van der Waals surface area contributed by atoms with E-state index in [0.29, 0.717) is 10.6 Å². The number of hydrogen-bond donors (Lipinski definition) is 1. The van der Waals surface area contributed by atoms with Gasteiger partial charge >= 0.3 is 0 Å². The van der Waals surface area contributed by atoms with Gasteiger partial charge in [-0.3, -0.25) is 4.79 Å². The van der Waals surface area contributed by atoms with Crippen molar-refractivity contribution in [2.45, 2.75) is 13.8 Å². The van der Waals surface area contributed by atoms with Crippen LogP contribution < -0.4 is 10.2 Å². The third kappa shape index (κ3) is 4.39. The molecule has 5 nitrogen and oxygen atoms in total. The Labute approximate surface area is 182 Å². The van der Waals surface area contributed by atoms with E-state index in [1.807, 2.05) is 50.2 Å². The van der Waals surface area contributed by atoms with Crippen molar-refractivity contribution in [1.29, 1.82) is 0 Å². The standard InChI is InChI=1S/C21H19ClIN3O2/c1-13-4-5-14(2)26(13)16-7-8-17(18(22)11-16)21(27)25-24-12-15-6-9-20(28-3)19(23)10-15/h4-12H,1-3H3,(H,25,27)/b24-12-. The van der Waals surface area contributed by atoms with Gasteiger partial charge in [0, 0.05) is 17.1 Å². The fraction of sp³-hybridized carbons (Fsp3) is 0.143. The quantitative estimate of drug-likeness (QED) is 0.296. The summed E-state index contributed by atoms with van der Waals surface area (Å²) in [6.45, 7) is 4.05. The molecule has 7 heteroatoms. The zero-order chi connectivity index (χ0) is 20.3. The number of aryl methyl sites for hydroxylation is 2. The van der Waals surface area contributed by atoms with Gasteiger partial charge in [0.25, 0.3) is 5.91 Å². The van der Waals surface area contributed by atoms with E-state index in [0.717, 1.165) is 32.0 Å². The number of amides is 1. The third-order valence-corrected chi connectivity index (χ3v) is 5.44. The zero-order valence-corrected chi connectivity index (χ0v) is 18.6. The third-order valence-electron chi connectivity index (χ3n) is 4.28. The van der Waals surface area contributed by atoms with Crippen molar-refractivity contribution < 1.29 is 9.53 Å². The lowest BCUT2D eigenvalue weighted by Gasteiger charge is -2.11. The molecule has 1 heterocycles. The van der Waals surface area contributed by atoms with E-state index in [2.05, 4.69) is 37.7 Å². The molecule has 0 atom stereocenters. The van der Waals surface area contributed by atoms with Gasteiger partial charge in [0.1, 0.15) is 5.75 Å². The van der Waals surface area contributed by atoms with Crippen molar-refractivity contribution in [2.75, 3.05) is 7.11 Å². The smallest absolute Gasteiger partial charge is 0.272 e. The van der Waals surface area contributed by atoms with E-state index in [1.165, 1.54) is 0 Å². The van der Waals surface area contributed by atoms with Crippen LogP contribution in [-0.4, -0.2) is 23.8 Å². The predicted molar refractivity (Wildman–Crippen MR) is 121 cm³/mol. The van der Waals surface area contributed by atoms with Gasteiger partial charge in [-0.25, -0.2) is 5.43 Å². The molecule has 0 saturated carbocycles. The van der Waals surface area contributed by atoms with E-state index in [1.54, 1.807) is 25.5 Å². The van der Waals surface area contributed by atoms with E-state index in [-0.39, 0.29) is 5.91 Å². The van der Waals surface area contributed by atoms with Crippen LogP contribution in [0.1, 0.15) is 27.3 Å². The predicted octanol–water partition coefficient (Wildman–Crippen LogP) is 5.12. The number of ether oxygens (including phenoxy) is 1. The number of nitrogens with zero attached hydrogens (tertiary/aromatic N) is 2. The lowest BCUT2D eigenvalue weighted by atomic mass is 10.2. The molecule has 0 aliphatic heterocycles. The molecule has 0 bridgehead atoms. The highest BCUT2D eigenvalue weighted by Gasteiger charge is 2.12. The first-order valence-electron chi connectivity index (χ1n) is 8.52. The average Bonchev–Trinajstić information content (AvgIpc) is 3.00. The molecule has 0 fully saturated rings. The van der Waals surface area contributed by atoms with E-state index in [9.17, 15) is 4.79 Å². The molecule has 2 aromatic carbocycles. The van der Waals surface area contributed by atoms with Crippen molar-refractivity contribution >= 4 is 46.3 Å². The highest BCUT2D eigenvalue weighted by Crippen LogP contribution is 2.23. The van der Waals surface area contributed by atoms with Gasteiger partial charge in [0.05, 0.1) is 27.5 Å². The number of halogens is 2. The van der Waals surface area contributed by atoms with Crippen LogP contribution in [0.15, 0.2) is 53.6 Å². The minimum atomic E-state index is -0.364. The summed E-state index contributed by atoms with van der Waals surface area (Å²) in [4.78, 5) is 12.4. The second-order valence-corrected chi connectivity index (χ2v) is 7.78. The first-order valence-corrected chi connectivity index (χ1v) is 9.98. The Hall–Kier alpha value is -2.32. The molecule has 144 valence electrons. The molecule has 0 radical (unpaired) electrons. The number of hydrogen-bond acceptors (Lipinski definition) is 3. The summed E-state index contributed by atoms with van der Waals surface area (Å²) in [6.07, 6.45) is 1.58. The monoisotopic (exact) mass is 507 g/mol. The fourth-order valence-corrected chi connectivity index (χ4v) is 3.91. The molecule has 3 aromatic rings. The van der Waals surface area contributed by atoms with Gasteiger partial charge in [-0.1, -0.05) is 11.6 Å². The van der Waals surface area contributed by atoms with Crippen molar-refractivity contribution in [3.63, 3.8) is 0 Å². The SMILES string of the molecule is COc1ccc(/C=N\NC(=O)c2ccc(-n3c(C)ccc3C)cc2Cl)cc1I. The van der Waals surface area contributed by atoms with Crippen LogP contribution in [0.25, 0.3) is 5.69 Å². The lowest BCUT2D eigenvalue weighted by molar-refractivity contribution is 0.0955. The molecule has 0 aliphatic carbocycles. The van der Waals surface area contributed by atoms with Crippen LogP contribution >= 0.6 is 34.2 Å². The van der Waals surface area contributed by atoms with Gasteiger partial charge < -0.3 is 9.30 Å². The topological polar surface area (TPSA) is 55.6 Å². The van der Waals surface area contributed by atoms with Crippen molar-refractivity contribution in [3.8, 4) is 11.4 Å². The summed E-state index contributed by atoms with van der Waals surface area (Å²) >= 11 is 8.54. The first kappa shape index (κ1) is 20.4. The van der Waals surface area contributed by atoms with Crippen LogP contribution in [0.4, 0.5) is 0 Å². The van der Waals surface area contributed by atoms with E-state index < -0.39 is 0 Å². The number of nitrogens with one attached hydrogen (secondary N) is 1. The number of methoxy groups -OCH3 is 1. The van der Waals surface area contributed by atoms with E-state index >= 15 is 0 Å². The molecular weight excluding hydrogens is 489 g/mol. The maximum Gasteiger partial charge on any atom is 0.272 e. The molecule has 3 rings (SSSR count). The second-order valence-electron chi connectivity index (χ2n) is 6.21. The molecule has 0 unspecified atom stereocenters. The molecule has 28 heavy (non-hydrogen) atoms. The highest BCUT2D eigenvalue weighted by molar-refractivity contribution is 14.1. The summed E-state index contributed by atoms with van der Waals surface area (Å²) < 4.78 is 8.27. The second kappa shape index (κ2) is 8.79. The number of carbonyl (C=O) groups is 1. The van der Waals surface area contributed by atoms with Crippen molar-refractivity contribution in [2.24, 2.45) is 5.10 Å². The Kier molecular flexibility index (Phi) is 6.41. The average molecular weight is 508 g/mol. The van der Waals surface area contributed by atoms with Crippen molar-refractivity contribution in [3.05, 3.63) is 79.6 Å². The molecule has 0 spiro atoms. The summed E-state index contributed by atoms with van der Waals surface area (Å²) in [6, 6.07) is 15.1. The van der Waals surface area contributed by atoms with Crippen LogP contribution in [0.2, 0.25) is 5.02 Å². The number of hydrazone groups is 1. The summed E-state index contributed by atoms with van der Waals surface area (Å²) in [5.74, 6) is 0.429. The highest BCUT2D eigenvalue weighted by atomic mass is 127. The molecule has 1 N–H and O–H groups in total. The molecule has 1 amide bonds. The first-order chi connectivity index (χ1) is 13.4. The van der Waals surface area contributed by atoms with Gasteiger partial charge in [-0.05, 0) is 90.5 Å². The molecule has 0 aliphatic rings. The van der Waals surface area contributed by atoms with Crippen LogP contribution in [-0.2, 0) is 0 Å². The fourth-order valence-electron chi connectivity index (χ4n) is 2.89. The minimum absolute atomic E-state index is 0.364. The number of aromatic nitrogens is 1. The van der Waals surface area contributed by atoms with Gasteiger partial charge in [0.15, 0.2) is 0 Å². The van der Waals surface area contributed by atoms with Crippen LogP contribution in [0.3, 0.4) is 0 Å². The Morgan fingerprint density at radius 2 is 1.86 bits per heavy atom. The Morgan fingerprint density at radius 3 is 2.46 bits per heavy atom. The maximum atomic E-state index is 12.4. The summed E-state index contributed by atoms with van der Waals surface area (Å²) in [5, 5.41) is 4.40. The van der Waals surface area contributed by atoms with E-state index in [4.69, 9.17) is 16.3 Å². The van der Waals surface area contributed by atoms with Crippen LogP contribution in [0.5, 0.6) is 5.75 Å². The Bertz CT molecular complexity index is 1040. The number of carbonyl (C=O) groups excluding carboxylic acids is 1. The van der Waals surface area contributed by atoms with Crippen molar-refractivity contribution in [1.82, 2.24) is 9.99 Å². The molecule has 0 saturated heterocycles. The number of benzene rings is 2. The summed E-state index contributed by atoms with van der Waals surface area (Å²) in [5.41, 5.74) is 6.86. The zero-order valence-electron chi connectivity index (χ0n) is 15.7. The lowest BCUT2D eigenvalue weighted by Crippen LogP contribution is -2.18. The summed E-state index contributed by atoms with van der Waals surface area (Å²) in [7, 11) is 1.62. The minimum Gasteiger partial charge on any atom is -0.496 e. The maximum absolute atomic E-state index is 12.4.